The van der Waals surface area contributed by atoms with Gasteiger partial charge in [-0.05, 0) is 19.8 Å². The third kappa shape index (κ3) is 2.22. The van der Waals surface area contributed by atoms with Crippen LogP contribution in [0.1, 0.15) is 30.7 Å². The normalized spacial score (nSPS) is 27.6. The summed E-state index contributed by atoms with van der Waals surface area (Å²) in [7, 11) is 0. The van der Waals surface area contributed by atoms with Gasteiger partial charge in [-0.1, -0.05) is 24.2 Å². The zero-order valence-corrected chi connectivity index (χ0v) is 9.05. The maximum atomic E-state index is 9.73. The smallest absolute Gasteiger partial charge is 0.205 e. The van der Waals surface area contributed by atoms with Crippen molar-refractivity contribution in [3.05, 3.63) is 5.01 Å². The molecule has 4 nitrogen and oxygen atoms in total. The van der Waals surface area contributed by atoms with Gasteiger partial charge in [0.25, 0.3) is 0 Å². The van der Waals surface area contributed by atoms with Crippen LogP contribution in [-0.4, -0.2) is 27.4 Å². The number of aryl methyl sites for hydroxylation is 1. The van der Waals surface area contributed by atoms with Crippen LogP contribution in [0.5, 0.6) is 0 Å². The highest BCUT2D eigenvalue weighted by Crippen LogP contribution is 2.23. The van der Waals surface area contributed by atoms with Crippen molar-refractivity contribution in [1.82, 2.24) is 10.2 Å². The first-order chi connectivity index (χ1) is 6.75. The van der Waals surface area contributed by atoms with Gasteiger partial charge in [-0.3, -0.25) is 0 Å². The van der Waals surface area contributed by atoms with Crippen LogP contribution in [0.25, 0.3) is 0 Å². The van der Waals surface area contributed by atoms with Crippen molar-refractivity contribution >= 4 is 16.5 Å². The number of hydrogen-bond acceptors (Lipinski definition) is 5. The summed E-state index contributed by atoms with van der Waals surface area (Å²) < 4.78 is 0. The minimum Gasteiger partial charge on any atom is -0.391 e. The van der Waals surface area contributed by atoms with E-state index in [1.54, 1.807) is 0 Å². The lowest BCUT2D eigenvalue weighted by molar-refractivity contribution is 0.116. The summed E-state index contributed by atoms with van der Waals surface area (Å²) in [6.45, 7) is 1.93. The third-order valence-corrected chi connectivity index (χ3v) is 3.33. The van der Waals surface area contributed by atoms with Gasteiger partial charge in [0.15, 0.2) is 0 Å². The van der Waals surface area contributed by atoms with Gasteiger partial charge in [-0.15, -0.1) is 10.2 Å². The first-order valence-corrected chi connectivity index (χ1v) is 5.82. The Bertz CT molecular complexity index is 302. The number of rotatable bonds is 2. The van der Waals surface area contributed by atoms with E-state index in [9.17, 15) is 5.11 Å². The van der Waals surface area contributed by atoms with E-state index in [2.05, 4.69) is 15.5 Å². The fourth-order valence-electron chi connectivity index (χ4n) is 1.79. The van der Waals surface area contributed by atoms with Crippen molar-refractivity contribution in [2.75, 3.05) is 5.32 Å². The molecule has 1 aromatic rings. The van der Waals surface area contributed by atoms with E-state index < -0.39 is 0 Å². The molecule has 0 spiro atoms. The molecule has 0 radical (unpaired) electrons. The molecule has 78 valence electrons. The number of hydrogen-bond donors (Lipinski definition) is 2. The molecule has 1 aliphatic carbocycles. The summed E-state index contributed by atoms with van der Waals surface area (Å²) in [5.41, 5.74) is 0. The highest BCUT2D eigenvalue weighted by molar-refractivity contribution is 7.15. The van der Waals surface area contributed by atoms with E-state index in [1.807, 2.05) is 6.92 Å². The molecule has 2 N–H and O–H groups in total. The van der Waals surface area contributed by atoms with E-state index in [0.29, 0.717) is 0 Å². The van der Waals surface area contributed by atoms with Crippen LogP contribution in [0, 0.1) is 6.92 Å². The first kappa shape index (κ1) is 9.86. The molecule has 0 aromatic carbocycles. The molecule has 1 aromatic heterocycles. The quantitative estimate of drug-likeness (QED) is 0.782. The Hall–Kier alpha value is -0.680. The van der Waals surface area contributed by atoms with Crippen LogP contribution < -0.4 is 5.32 Å². The molecule has 0 bridgehead atoms. The summed E-state index contributed by atoms with van der Waals surface area (Å²) in [4.78, 5) is 0. The summed E-state index contributed by atoms with van der Waals surface area (Å²) in [6.07, 6.45) is 4.02. The van der Waals surface area contributed by atoms with E-state index in [4.69, 9.17) is 0 Å². The van der Waals surface area contributed by atoms with Crippen LogP contribution in [0.15, 0.2) is 0 Å². The summed E-state index contributed by atoms with van der Waals surface area (Å²) in [6, 6.07) is 0.163. The number of nitrogens with one attached hydrogen (secondary N) is 1. The fourth-order valence-corrected chi connectivity index (χ4v) is 2.45. The lowest BCUT2D eigenvalue weighted by atomic mass is 9.93. The molecule has 2 rings (SSSR count). The molecule has 0 saturated heterocycles. The molecular weight excluding hydrogens is 198 g/mol. The average Bonchev–Trinajstić information content (AvgIpc) is 2.56. The SMILES string of the molecule is Cc1nnc(NC2CCCCC2O)s1. The van der Waals surface area contributed by atoms with Gasteiger partial charge in [-0.2, -0.15) is 0 Å². The maximum Gasteiger partial charge on any atom is 0.205 e. The molecule has 2 unspecified atom stereocenters. The number of nitrogens with zero attached hydrogens (tertiary/aromatic N) is 2. The van der Waals surface area contributed by atoms with Gasteiger partial charge in [0.2, 0.25) is 5.13 Å². The zero-order chi connectivity index (χ0) is 9.97. The topological polar surface area (TPSA) is 58.0 Å². The van der Waals surface area contributed by atoms with E-state index in [1.165, 1.54) is 17.8 Å². The standard InChI is InChI=1S/C9H15N3OS/c1-6-11-12-9(14-6)10-7-4-2-3-5-8(7)13/h7-8,13H,2-5H2,1H3,(H,10,12). The second kappa shape index (κ2) is 4.23. The third-order valence-electron chi connectivity index (χ3n) is 2.56. The van der Waals surface area contributed by atoms with Gasteiger partial charge >= 0.3 is 0 Å². The average molecular weight is 213 g/mol. The second-order valence-corrected chi connectivity index (χ2v) is 4.91. The van der Waals surface area contributed by atoms with E-state index >= 15 is 0 Å². The van der Waals surface area contributed by atoms with Crippen LogP contribution >= 0.6 is 11.3 Å². The molecule has 14 heavy (non-hydrogen) atoms. The molecule has 1 saturated carbocycles. The van der Waals surface area contributed by atoms with E-state index in [-0.39, 0.29) is 12.1 Å². The number of aliphatic hydroxyl groups is 1. The molecule has 0 aliphatic heterocycles. The Kier molecular flexibility index (Phi) is 2.98. The first-order valence-electron chi connectivity index (χ1n) is 5.00. The Morgan fingerprint density at radius 1 is 1.36 bits per heavy atom. The molecule has 2 atom stereocenters. The molecule has 1 fully saturated rings. The number of aliphatic hydroxyl groups excluding tert-OH is 1. The van der Waals surface area contributed by atoms with Crippen LogP contribution in [0.4, 0.5) is 5.13 Å². The van der Waals surface area contributed by atoms with Crippen molar-refractivity contribution in [2.45, 2.75) is 44.8 Å². The second-order valence-electron chi connectivity index (χ2n) is 3.73. The number of anilines is 1. The van der Waals surface area contributed by atoms with Crippen LogP contribution in [-0.2, 0) is 0 Å². The Labute approximate surface area is 87.4 Å². The fraction of sp³-hybridized carbons (Fsp3) is 0.778. The highest BCUT2D eigenvalue weighted by Gasteiger charge is 2.23. The minimum atomic E-state index is -0.229. The van der Waals surface area contributed by atoms with Gasteiger partial charge in [0, 0.05) is 0 Å². The van der Waals surface area contributed by atoms with Crippen molar-refractivity contribution in [1.29, 1.82) is 0 Å². The predicted octanol–water partition coefficient (Wildman–Crippen LogP) is 1.56. The van der Waals surface area contributed by atoms with Gasteiger partial charge in [0.1, 0.15) is 5.01 Å². The summed E-state index contributed by atoms with van der Waals surface area (Å²) in [5, 5.41) is 22.7. The molecule has 1 heterocycles. The highest BCUT2D eigenvalue weighted by atomic mass is 32.1. The van der Waals surface area contributed by atoms with Crippen molar-refractivity contribution in [2.24, 2.45) is 0 Å². The van der Waals surface area contributed by atoms with Crippen molar-refractivity contribution in [3.8, 4) is 0 Å². The Balaban J connectivity index is 1.95. The Morgan fingerprint density at radius 3 is 2.79 bits per heavy atom. The molecule has 5 heteroatoms. The maximum absolute atomic E-state index is 9.73. The van der Waals surface area contributed by atoms with Crippen LogP contribution in [0.3, 0.4) is 0 Å². The summed E-state index contributed by atoms with van der Waals surface area (Å²) in [5.74, 6) is 0. The summed E-state index contributed by atoms with van der Waals surface area (Å²) >= 11 is 1.54. The number of aromatic nitrogens is 2. The molecule has 1 aliphatic rings. The lowest BCUT2D eigenvalue weighted by Gasteiger charge is -2.27. The van der Waals surface area contributed by atoms with Crippen molar-refractivity contribution in [3.63, 3.8) is 0 Å². The largest absolute Gasteiger partial charge is 0.391 e. The minimum absolute atomic E-state index is 0.163. The molecular formula is C9H15N3OS. The van der Waals surface area contributed by atoms with Gasteiger partial charge < -0.3 is 10.4 Å². The van der Waals surface area contributed by atoms with Gasteiger partial charge in [-0.25, -0.2) is 0 Å². The van der Waals surface area contributed by atoms with Gasteiger partial charge in [0.05, 0.1) is 12.1 Å². The molecule has 0 amide bonds. The van der Waals surface area contributed by atoms with Crippen molar-refractivity contribution < 1.29 is 5.11 Å². The lowest BCUT2D eigenvalue weighted by Crippen LogP contribution is -2.36. The monoisotopic (exact) mass is 213 g/mol. The zero-order valence-electron chi connectivity index (χ0n) is 8.23. The van der Waals surface area contributed by atoms with E-state index in [0.717, 1.165) is 29.4 Å². The van der Waals surface area contributed by atoms with Crippen LogP contribution in [0.2, 0.25) is 0 Å². The predicted molar refractivity (Wildman–Crippen MR) is 56.5 cm³/mol. The Morgan fingerprint density at radius 2 is 2.14 bits per heavy atom.